The second-order valence-electron chi connectivity index (χ2n) is 6.89. The summed E-state index contributed by atoms with van der Waals surface area (Å²) in [7, 11) is 1.63. The van der Waals surface area contributed by atoms with Gasteiger partial charge in [0.2, 0.25) is 11.7 Å². The molecular weight excluding hydrogens is 370 g/mol. The molecule has 0 atom stereocenters. The van der Waals surface area contributed by atoms with Crippen molar-refractivity contribution in [2.75, 3.05) is 44.7 Å². The number of methoxy groups -OCH3 is 1. The van der Waals surface area contributed by atoms with Crippen LogP contribution >= 0.6 is 0 Å². The van der Waals surface area contributed by atoms with Gasteiger partial charge in [0.1, 0.15) is 5.75 Å². The minimum Gasteiger partial charge on any atom is -0.497 e. The molecule has 1 fully saturated rings. The number of ether oxygens (including phenoxy) is 1. The number of ketones is 1. The summed E-state index contributed by atoms with van der Waals surface area (Å²) in [4.78, 5) is 40.7. The Bertz CT molecular complexity index is 887. The van der Waals surface area contributed by atoms with Crippen LogP contribution in [0.15, 0.2) is 48.5 Å². The Balaban J connectivity index is 1.47. The zero-order chi connectivity index (χ0) is 20.8. The van der Waals surface area contributed by atoms with E-state index in [-0.39, 0.29) is 12.5 Å². The number of carbonyl (C=O) groups is 3. The van der Waals surface area contributed by atoms with E-state index in [1.165, 1.54) is 0 Å². The molecule has 152 valence electrons. The number of carbonyl (C=O) groups excluding carboxylic acids is 3. The largest absolute Gasteiger partial charge is 0.497 e. The Morgan fingerprint density at radius 1 is 0.966 bits per heavy atom. The average molecular weight is 395 g/mol. The standard InChI is InChI=1S/C22H25N3O4/c1-16-5-3-4-6-19(16)21(27)22(28)23-15-20(26)25-13-11-24(12-14-25)17-7-9-18(29-2)10-8-17/h3-10H,11-15H2,1-2H3,(H,23,28). The first-order chi connectivity index (χ1) is 14.0. The first-order valence-electron chi connectivity index (χ1n) is 9.54. The molecule has 0 aromatic heterocycles. The number of piperazine rings is 1. The van der Waals surface area contributed by atoms with Gasteiger partial charge in [-0.1, -0.05) is 24.3 Å². The summed E-state index contributed by atoms with van der Waals surface area (Å²) in [6, 6.07) is 14.7. The van der Waals surface area contributed by atoms with Crippen LogP contribution in [0.5, 0.6) is 5.75 Å². The van der Waals surface area contributed by atoms with Crippen LogP contribution in [0.4, 0.5) is 5.69 Å². The van der Waals surface area contributed by atoms with Crippen molar-refractivity contribution in [3.63, 3.8) is 0 Å². The molecular formula is C22H25N3O4. The van der Waals surface area contributed by atoms with Gasteiger partial charge in [0, 0.05) is 37.4 Å². The van der Waals surface area contributed by atoms with Crippen molar-refractivity contribution < 1.29 is 19.1 Å². The summed E-state index contributed by atoms with van der Waals surface area (Å²) in [6.07, 6.45) is 0. The molecule has 0 radical (unpaired) electrons. The van der Waals surface area contributed by atoms with Crippen molar-refractivity contribution >= 4 is 23.3 Å². The zero-order valence-corrected chi connectivity index (χ0v) is 16.7. The van der Waals surface area contributed by atoms with Crippen LogP contribution in [0.3, 0.4) is 0 Å². The summed E-state index contributed by atoms with van der Waals surface area (Å²) in [5.74, 6) is -0.770. The van der Waals surface area contributed by atoms with E-state index < -0.39 is 11.7 Å². The molecule has 2 amide bonds. The van der Waals surface area contributed by atoms with Gasteiger partial charge in [-0.25, -0.2) is 0 Å². The first kappa shape index (κ1) is 20.4. The molecule has 7 nitrogen and oxygen atoms in total. The van der Waals surface area contributed by atoms with E-state index in [0.29, 0.717) is 31.7 Å². The first-order valence-corrected chi connectivity index (χ1v) is 9.54. The van der Waals surface area contributed by atoms with E-state index in [2.05, 4.69) is 10.2 Å². The number of nitrogens with zero attached hydrogens (tertiary/aromatic N) is 2. The van der Waals surface area contributed by atoms with E-state index in [4.69, 9.17) is 4.74 Å². The van der Waals surface area contributed by atoms with E-state index in [0.717, 1.165) is 17.0 Å². The van der Waals surface area contributed by atoms with Crippen molar-refractivity contribution in [2.45, 2.75) is 6.92 Å². The number of hydrogen-bond acceptors (Lipinski definition) is 5. The summed E-state index contributed by atoms with van der Waals surface area (Å²) >= 11 is 0. The number of Topliss-reactive ketones (excluding diaryl/α,β-unsaturated/α-hetero) is 1. The fourth-order valence-corrected chi connectivity index (χ4v) is 3.31. The van der Waals surface area contributed by atoms with E-state index in [9.17, 15) is 14.4 Å². The van der Waals surface area contributed by atoms with Gasteiger partial charge in [-0.2, -0.15) is 0 Å². The highest BCUT2D eigenvalue weighted by Crippen LogP contribution is 2.20. The molecule has 1 N–H and O–H groups in total. The number of amides is 2. The van der Waals surface area contributed by atoms with Crippen LogP contribution in [0, 0.1) is 6.92 Å². The number of aryl methyl sites for hydroxylation is 1. The molecule has 1 saturated heterocycles. The summed E-state index contributed by atoms with van der Waals surface area (Å²) < 4.78 is 5.17. The van der Waals surface area contributed by atoms with Crippen LogP contribution in [-0.4, -0.2) is 62.3 Å². The summed E-state index contributed by atoms with van der Waals surface area (Å²) in [6.45, 7) is 4.12. The van der Waals surface area contributed by atoms with Crippen molar-refractivity contribution in [2.24, 2.45) is 0 Å². The van der Waals surface area contributed by atoms with Gasteiger partial charge in [-0.15, -0.1) is 0 Å². The molecule has 29 heavy (non-hydrogen) atoms. The van der Waals surface area contributed by atoms with Gasteiger partial charge < -0.3 is 19.9 Å². The number of hydrogen-bond donors (Lipinski definition) is 1. The summed E-state index contributed by atoms with van der Waals surface area (Å²) in [5.41, 5.74) is 2.16. The van der Waals surface area contributed by atoms with Gasteiger partial charge in [-0.05, 0) is 36.8 Å². The van der Waals surface area contributed by atoms with E-state index in [1.54, 1.807) is 43.2 Å². The molecule has 7 heteroatoms. The highest BCUT2D eigenvalue weighted by Gasteiger charge is 2.23. The molecule has 0 aliphatic carbocycles. The quantitative estimate of drug-likeness (QED) is 0.594. The Morgan fingerprint density at radius 3 is 2.24 bits per heavy atom. The van der Waals surface area contributed by atoms with E-state index in [1.807, 2.05) is 24.3 Å². The predicted octanol–water partition coefficient (Wildman–Crippen LogP) is 1.65. The van der Waals surface area contributed by atoms with Gasteiger partial charge in [0.05, 0.1) is 13.7 Å². The minimum atomic E-state index is -0.760. The smallest absolute Gasteiger partial charge is 0.292 e. The zero-order valence-electron chi connectivity index (χ0n) is 16.7. The van der Waals surface area contributed by atoms with Crippen molar-refractivity contribution in [3.05, 3.63) is 59.7 Å². The Labute approximate surface area is 170 Å². The lowest BCUT2D eigenvalue weighted by atomic mass is 10.0. The maximum absolute atomic E-state index is 12.4. The highest BCUT2D eigenvalue weighted by molar-refractivity contribution is 6.43. The number of rotatable bonds is 6. The maximum Gasteiger partial charge on any atom is 0.292 e. The second kappa shape index (κ2) is 9.23. The van der Waals surface area contributed by atoms with Crippen LogP contribution in [0.2, 0.25) is 0 Å². The Kier molecular flexibility index (Phi) is 6.49. The lowest BCUT2D eigenvalue weighted by molar-refractivity contribution is -0.132. The van der Waals surface area contributed by atoms with Crippen LogP contribution in [0.25, 0.3) is 0 Å². The average Bonchev–Trinajstić information content (AvgIpc) is 2.77. The molecule has 0 spiro atoms. The third-order valence-electron chi connectivity index (χ3n) is 5.07. The molecule has 1 aliphatic rings. The molecule has 0 saturated carbocycles. The monoisotopic (exact) mass is 395 g/mol. The molecule has 0 bridgehead atoms. The fourth-order valence-electron chi connectivity index (χ4n) is 3.31. The molecule has 2 aromatic carbocycles. The van der Waals surface area contributed by atoms with Crippen molar-refractivity contribution in [3.8, 4) is 5.75 Å². The molecule has 0 unspecified atom stereocenters. The molecule has 2 aromatic rings. The van der Waals surface area contributed by atoms with Crippen LogP contribution in [0.1, 0.15) is 15.9 Å². The predicted molar refractivity (Wildman–Crippen MR) is 110 cm³/mol. The van der Waals surface area contributed by atoms with E-state index >= 15 is 0 Å². The van der Waals surface area contributed by atoms with Gasteiger partial charge in [0.25, 0.3) is 5.91 Å². The number of anilines is 1. The van der Waals surface area contributed by atoms with Crippen molar-refractivity contribution in [1.29, 1.82) is 0 Å². The Morgan fingerprint density at radius 2 is 1.62 bits per heavy atom. The maximum atomic E-state index is 12.4. The molecule has 1 heterocycles. The minimum absolute atomic E-state index is 0.182. The highest BCUT2D eigenvalue weighted by atomic mass is 16.5. The second-order valence-corrected chi connectivity index (χ2v) is 6.89. The third-order valence-corrected chi connectivity index (χ3v) is 5.07. The van der Waals surface area contributed by atoms with Gasteiger partial charge in [-0.3, -0.25) is 14.4 Å². The number of nitrogens with one attached hydrogen (secondary N) is 1. The third kappa shape index (κ3) is 4.93. The lowest BCUT2D eigenvalue weighted by Gasteiger charge is -2.36. The molecule has 1 aliphatic heterocycles. The van der Waals surface area contributed by atoms with Gasteiger partial charge in [0.15, 0.2) is 0 Å². The SMILES string of the molecule is COc1ccc(N2CCN(C(=O)CNC(=O)C(=O)c3ccccc3C)CC2)cc1. The Hall–Kier alpha value is -3.35. The summed E-state index contributed by atoms with van der Waals surface area (Å²) in [5, 5.41) is 2.45. The lowest BCUT2D eigenvalue weighted by Crippen LogP contribution is -2.51. The molecule has 3 rings (SSSR count). The normalized spacial score (nSPS) is 13.7. The fraction of sp³-hybridized carbons (Fsp3) is 0.318. The number of benzene rings is 2. The van der Waals surface area contributed by atoms with Crippen molar-refractivity contribution in [1.82, 2.24) is 10.2 Å². The van der Waals surface area contributed by atoms with Crippen LogP contribution in [-0.2, 0) is 9.59 Å². The topological polar surface area (TPSA) is 79.0 Å². The van der Waals surface area contributed by atoms with Gasteiger partial charge >= 0.3 is 0 Å². The van der Waals surface area contributed by atoms with Crippen LogP contribution < -0.4 is 15.0 Å².